The van der Waals surface area contributed by atoms with Gasteiger partial charge in [0.25, 0.3) is 5.56 Å². The van der Waals surface area contributed by atoms with Crippen molar-refractivity contribution in [3.05, 3.63) is 27.7 Å². The van der Waals surface area contributed by atoms with E-state index in [0.29, 0.717) is 43.1 Å². The van der Waals surface area contributed by atoms with Gasteiger partial charge in [-0.05, 0) is 12.3 Å². The molecule has 0 aromatic carbocycles. The monoisotopic (exact) mass is 405 g/mol. The molecule has 0 N–H and O–H groups in total. The minimum Gasteiger partial charge on any atom is -0.491 e. The Kier molecular flexibility index (Phi) is 6.95. The third-order valence-electron chi connectivity index (χ3n) is 5.49. The van der Waals surface area contributed by atoms with Gasteiger partial charge in [0, 0.05) is 57.3 Å². The first-order chi connectivity index (χ1) is 13.9. The van der Waals surface area contributed by atoms with Gasteiger partial charge in [0.1, 0.15) is 17.9 Å². The van der Waals surface area contributed by atoms with Crippen molar-refractivity contribution in [3.63, 3.8) is 0 Å². The lowest BCUT2D eigenvalue weighted by molar-refractivity contribution is -0.128. The molecular weight excluding hydrogens is 374 g/mol. The van der Waals surface area contributed by atoms with Crippen LogP contribution in [-0.4, -0.2) is 72.7 Å². The summed E-state index contributed by atoms with van der Waals surface area (Å²) < 4.78 is 12.5. The Hall–Kier alpha value is -2.35. The Bertz CT molecular complexity index is 817. The zero-order chi connectivity index (χ0) is 21.0. The lowest BCUT2D eigenvalue weighted by Gasteiger charge is -2.21. The minimum absolute atomic E-state index is 0.119. The number of fused-ring (bicyclic) bond motifs is 1. The van der Waals surface area contributed by atoms with Gasteiger partial charge >= 0.3 is 5.97 Å². The van der Waals surface area contributed by atoms with Crippen LogP contribution in [0.4, 0.5) is 0 Å². The van der Waals surface area contributed by atoms with E-state index in [1.54, 1.807) is 9.47 Å². The average Bonchev–Trinajstić information content (AvgIpc) is 2.96. The summed E-state index contributed by atoms with van der Waals surface area (Å²) in [7, 11) is 1.33. The largest absolute Gasteiger partial charge is 0.491 e. The molecule has 0 atom stereocenters. The van der Waals surface area contributed by atoms with E-state index < -0.39 is 5.97 Å². The molecule has 0 spiro atoms. The molecule has 1 aromatic heterocycles. The SMILES string of the molecule is COC(=O)c1c(OCCN2CCCC2=O)cc(=O)n2c1CCN(CC(C)C)CC2. The Morgan fingerprint density at radius 1 is 1.14 bits per heavy atom. The maximum Gasteiger partial charge on any atom is 0.343 e. The van der Waals surface area contributed by atoms with E-state index in [2.05, 4.69) is 18.7 Å². The molecule has 8 nitrogen and oxygen atoms in total. The zero-order valence-corrected chi connectivity index (χ0v) is 17.6. The maximum absolute atomic E-state index is 12.7. The molecule has 0 aliphatic carbocycles. The summed E-state index contributed by atoms with van der Waals surface area (Å²) in [6.07, 6.45) is 2.01. The standard InChI is InChI=1S/C21H31N3O5/c1-15(2)14-22-8-6-16-20(21(27)28-3)17(13-19(26)24(16)10-9-22)29-12-11-23-7-4-5-18(23)25/h13,15H,4-12,14H2,1-3H3. The molecule has 1 aromatic rings. The molecular formula is C21H31N3O5. The summed E-state index contributed by atoms with van der Waals surface area (Å²) in [5, 5.41) is 0. The van der Waals surface area contributed by atoms with Crippen molar-refractivity contribution in [1.82, 2.24) is 14.4 Å². The van der Waals surface area contributed by atoms with Gasteiger partial charge in [-0.2, -0.15) is 0 Å². The molecule has 0 bridgehead atoms. The molecule has 1 saturated heterocycles. The molecule has 2 aliphatic heterocycles. The Balaban J connectivity index is 1.83. The average molecular weight is 405 g/mol. The molecule has 3 heterocycles. The van der Waals surface area contributed by atoms with Crippen molar-refractivity contribution < 1.29 is 19.1 Å². The maximum atomic E-state index is 12.7. The van der Waals surface area contributed by atoms with E-state index in [9.17, 15) is 14.4 Å². The first kappa shape index (κ1) is 21.4. The Labute approximate surface area is 171 Å². The van der Waals surface area contributed by atoms with E-state index >= 15 is 0 Å². The number of rotatable bonds is 7. The quantitative estimate of drug-likeness (QED) is 0.633. The number of carbonyl (C=O) groups is 2. The van der Waals surface area contributed by atoms with Gasteiger partial charge in [-0.25, -0.2) is 4.79 Å². The van der Waals surface area contributed by atoms with Gasteiger partial charge < -0.3 is 23.8 Å². The summed E-state index contributed by atoms with van der Waals surface area (Å²) in [4.78, 5) is 41.1. The van der Waals surface area contributed by atoms with Gasteiger partial charge in [-0.1, -0.05) is 13.8 Å². The number of pyridine rings is 1. The van der Waals surface area contributed by atoms with Crippen LogP contribution in [0.15, 0.2) is 10.9 Å². The number of esters is 1. The van der Waals surface area contributed by atoms with Crippen molar-refractivity contribution in [2.75, 3.05) is 46.4 Å². The van der Waals surface area contributed by atoms with E-state index in [4.69, 9.17) is 9.47 Å². The number of hydrogen-bond donors (Lipinski definition) is 0. The van der Waals surface area contributed by atoms with Crippen LogP contribution in [-0.2, 0) is 22.5 Å². The van der Waals surface area contributed by atoms with Crippen molar-refractivity contribution in [2.45, 2.75) is 39.7 Å². The topological polar surface area (TPSA) is 81.1 Å². The highest BCUT2D eigenvalue weighted by atomic mass is 16.5. The summed E-state index contributed by atoms with van der Waals surface area (Å²) in [5.41, 5.74) is 0.820. The summed E-state index contributed by atoms with van der Waals surface area (Å²) >= 11 is 0. The summed E-state index contributed by atoms with van der Waals surface area (Å²) in [5.74, 6) is 0.393. The van der Waals surface area contributed by atoms with Gasteiger partial charge in [-0.15, -0.1) is 0 Å². The molecule has 0 unspecified atom stereocenters. The number of amides is 1. The zero-order valence-electron chi connectivity index (χ0n) is 17.6. The molecule has 0 radical (unpaired) electrons. The number of methoxy groups -OCH3 is 1. The fourth-order valence-electron chi connectivity index (χ4n) is 4.13. The van der Waals surface area contributed by atoms with Crippen LogP contribution < -0.4 is 10.3 Å². The van der Waals surface area contributed by atoms with Gasteiger partial charge in [0.15, 0.2) is 0 Å². The second-order valence-electron chi connectivity index (χ2n) is 8.09. The predicted octanol–water partition coefficient (Wildman–Crippen LogP) is 1.15. The van der Waals surface area contributed by atoms with Crippen LogP contribution in [0.5, 0.6) is 5.75 Å². The Morgan fingerprint density at radius 2 is 1.93 bits per heavy atom. The number of nitrogens with zero attached hydrogens (tertiary/aromatic N) is 3. The van der Waals surface area contributed by atoms with Crippen LogP contribution in [0.25, 0.3) is 0 Å². The number of likely N-dealkylation sites (tertiary alicyclic amines) is 1. The third kappa shape index (κ3) is 4.98. The smallest absolute Gasteiger partial charge is 0.343 e. The third-order valence-corrected chi connectivity index (χ3v) is 5.49. The molecule has 0 saturated carbocycles. The van der Waals surface area contributed by atoms with Crippen LogP contribution in [0.1, 0.15) is 42.7 Å². The van der Waals surface area contributed by atoms with Crippen LogP contribution in [0.2, 0.25) is 0 Å². The first-order valence-electron chi connectivity index (χ1n) is 10.4. The number of aromatic nitrogens is 1. The van der Waals surface area contributed by atoms with Crippen LogP contribution >= 0.6 is 0 Å². The second-order valence-corrected chi connectivity index (χ2v) is 8.09. The van der Waals surface area contributed by atoms with Crippen molar-refractivity contribution >= 4 is 11.9 Å². The van der Waals surface area contributed by atoms with E-state index in [1.165, 1.54) is 13.2 Å². The predicted molar refractivity (Wildman–Crippen MR) is 108 cm³/mol. The van der Waals surface area contributed by atoms with Crippen molar-refractivity contribution in [3.8, 4) is 5.75 Å². The van der Waals surface area contributed by atoms with E-state index in [1.807, 2.05) is 0 Å². The van der Waals surface area contributed by atoms with Gasteiger partial charge in [-0.3, -0.25) is 9.59 Å². The fourth-order valence-corrected chi connectivity index (χ4v) is 4.13. The highest BCUT2D eigenvalue weighted by molar-refractivity contribution is 5.93. The lowest BCUT2D eigenvalue weighted by atomic mass is 10.1. The normalized spacial score (nSPS) is 17.4. The van der Waals surface area contributed by atoms with Crippen molar-refractivity contribution in [1.29, 1.82) is 0 Å². The highest BCUT2D eigenvalue weighted by Gasteiger charge is 2.27. The first-order valence-corrected chi connectivity index (χ1v) is 10.4. The second kappa shape index (κ2) is 9.43. The summed E-state index contributed by atoms with van der Waals surface area (Å²) in [6, 6.07) is 1.37. The van der Waals surface area contributed by atoms with Gasteiger partial charge in [0.05, 0.1) is 13.7 Å². The van der Waals surface area contributed by atoms with Crippen LogP contribution in [0.3, 0.4) is 0 Å². The minimum atomic E-state index is -0.502. The fraction of sp³-hybridized carbons (Fsp3) is 0.667. The Morgan fingerprint density at radius 3 is 2.59 bits per heavy atom. The highest BCUT2D eigenvalue weighted by Crippen LogP contribution is 2.24. The molecule has 8 heteroatoms. The molecule has 2 aliphatic rings. The van der Waals surface area contributed by atoms with Crippen molar-refractivity contribution in [2.24, 2.45) is 5.92 Å². The molecule has 3 rings (SSSR count). The lowest BCUT2D eigenvalue weighted by Crippen LogP contribution is -2.32. The number of carbonyl (C=O) groups excluding carboxylic acids is 2. The number of hydrogen-bond acceptors (Lipinski definition) is 6. The van der Waals surface area contributed by atoms with Gasteiger partial charge in [0.2, 0.25) is 5.91 Å². The number of ether oxygens (including phenoxy) is 2. The molecule has 1 fully saturated rings. The molecule has 29 heavy (non-hydrogen) atoms. The van der Waals surface area contributed by atoms with E-state index in [0.717, 1.165) is 32.6 Å². The summed E-state index contributed by atoms with van der Waals surface area (Å²) in [6.45, 7) is 8.76. The molecule has 160 valence electrons. The molecule has 1 amide bonds. The van der Waals surface area contributed by atoms with E-state index in [-0.39, 0.29) is 23.8 Å². The van der Waals surface area contributed by atoms with Crippen LogP contribution in [0, 0.1) is 5.92 Å².